The average molecular weight is 167 g/mol. The smallest absolute Gasteiger partial charge is 0.235 e. The molecule has 0 bridgehead atoms. The Morgan fingerprint density at radius 1 is 1.75 bits per heavy atom. The summed E-state index contributed by atoms with van der Waals surface area (Å²) in [5, 5.41) is 11.2. The lowest BCUT2D eigenvalue weighted by Gasteiger charge is -2.22. The molecule has 2 atom stereocenters. The molecule has 1 fully saturated rings. The molecule has 2 unspecified atom stereocenters. The van der Waals surface area contributed by atoms with Crippen LogP contribution in [0.2, 0.25) is 0 Å². The lowest BCUT2D eigenvalue weighted by molar-refractivity contribution is -0.128. The molecule has 0 radical (unpaired) electrons. The Kier molecular flexibility index (Phi) is 2.41. The maximum absolute atomic E-state index is 11.1. The van der Waals surface area contributed by atoms with E-state index < -0.39 is 17.9 Å². The number of carbonyl (C=O) groups is 2. The van der Waals surface area contributed by atoms with E-state index in [2.05, 4.69) is 5.32 Å². The molecule has 12 heavy (non-hydrogen) atoms. The molecule has 5 heteroatoms. The van der Waals surface area contributed by atoms with Crippen LogP contribution >= 0.6 is 0 Å². The fourth-order valence-corrected chi connectivity index (χ4v) is 1.11. The first-order valence-corrected chi connectivity index (χ1v) is 3.60. The fourth-order valence-electron chi connectivity index (χ4n) is 1.11. The minimum atomic E-state index is -0.624. The van der Waals surface area contributed by atoms with Crippen LogP contribution in [0.1, 0.15) is 6.42 Å². The number of amides is 1. The second kappa shape index (κ2) is 3.32. The number of nitrogens with two attached hydrogens (primary N) is 1. The van der Waals surface area contributed by atoms with Crippen molar-refractivity contribution in [3.63, 3.8) is 0 Å². The number of piperidine rings is 1. The summed E-state index contributed by atoms with van der Waals surface area (Å²) in [5.74, 6) is -1.37. The van der Waals surface area contributed by atoms with E-state index in [1.54, 1.807) is 0 Å². The Labute approximate surface area is 69.5 Å². The average Bonchev–Trinajstić information content (AvgIpc) is 2.04. The van der Waals surface area contributed by atoms with Gasteiger partial charge in [0.15, 0.2) is 5.78 Å². The van der Waals surface area contributed by atoms with Gasteiger partial charge >= 0.3 is 0 Å². The van der Waals surface area contributed by atoms with Gasteiger partial charge in [0, 0.05) is 13.0 Å². The zero-order valence-electron chi connectivity index (χ0n) is 6.41. The van der Waals surface area contributed by atoms with Gasteiger partial charge in [-0.3, -0.25) is 9.59 Å². The highest BCUT2D eigenvalue weighted by Crippen LogP contribution is 2.08. The van der Waals surface area contributed by atoms with Crippen molar-refractivity contribution in [3.05, 3.63) is 0 Å². The van der Waals surface area contributed by atoms with E-state index in [0.717, 1.165) is 0 Å². The highest BCUT2D eigenvalue weighted by atomic mass is 16.2. The molecule has 64 valence electrons. The van der Waals surface area contributed by atoms with E-state index in [0.29, 0.717) is 0 Å². The summed E-state index contributed by atoms with van der Waals surface area (Å²) in [7, 11) is 0. The summed E-state index contributed by atoms with van der Waals surface area (Å²) in [6, 6.07) is 1.25. The molecule has 1 heterocycles. The van der Waals surface area contributed by atoms with Crippen LogP contribution in [0.5, 0.6) is 0 Å². The fraction of sp³-hybridized carbons (Fsp3) is 0.571. The molecule has 1 rings (SSSR count). The van der Waals surface area contributed by atoms with Gasteiger partial charge in [-0.15, -0.1) is 0 Å². The van der Waals surface area contributed by atoms with Crippen LogP contribution in [0, 0.1) is 17.2 Å². The van der Waals surface area contributed by atoms with E-state index in [-0.39, 0.29) is 18.7 Å². The van der Waals surface area contributed by atoms with Crippen molar-refractivity contribution >= 4 is 11.7 Å². The SMILES string of the molecule is N#CC1CNC(C(N)=O)CC1=O. The largest absolute Gasteiger partial charge is 0.368 e. The summed E-state index contributed by atoms with van der Waals surface area (Å²) in [6.45, 7) is 0.225. The number of rotatable bonds is 1. The van der Waals surface area contributed by atoms with E-state index in [4.69, 9.17) is 11.0 Å². The number of nitriles is 1. The van der Waals surface area contributed by atoms with Crippen molar-refractivity contribution in [2.24, 2.45) is 11.7 Å². The Bertz CT molecular complexity index is 256. The predicted molar refractivity (Wildman–Crippen MR) is 39.7 cm³/mol. The topological polar surface area (TPSA) is 96.0 Å². The van der Waals surface area contributed by atoms with E-state index in [9.17, 15) is 9.59 Å². The minimum absolute atomic E-state index is 0.0353. The van der Waals surface area contributed by atoms with Crippen molar-refractivity contribution in [2.45, 2.75) is 12.5 Å². The van der Waals surface area contributed by atoms with Crippen LogP contribution < -0.4 is 11.1 Å². The lowest BCUT2D eigenvalue weighted by atomic mass is 9.94. The van der Waals surface area contributed by atoms with Crippen LogP contribution in [0.3, 0.4) is 0 Å². The van der Waals surface area contributed by atoms with Crippen LogP contribution in [-0.4, -0.2) is 24.3 Å². The van der Waals surface area contributed by atoms with Gasteiger partial charge < -0.3 is 11.1 Å². The lowest BCUT2D eigenvalue weighted by Crippen LogP contribution is -2.50. The molecule has 1 aliphatic heterocycles. The number of hydrogen-bond acceptors (Lipinski definition) is 4. The molecule has 0 saturated carbocycles. The number of hydrogen-bond donors (Lipinski definition) is 2. The summed E-state index contributed by atoms with van der Waals surface area (Å²) >= 11 is 0. The molecule has 1 amide bonds. The molecule has 1 aliphatic rings. The van der Waals surface area contributed by atoms with Gasteiger partial charge in [-0.1, -0.05) is 0 Å². The van der Waals surface area contributed by atoms with Gasteiger partial charge in [0.05, 0.1) is 12.1 Å². The molecule has 0 aromatic rings. The Morgan fingerprint density at radius 2 is 2.42 bits per heavy atom. The molecule has 0 aromatic heterocycles. The maximum atomic E-state index is 11.1. The third kappa shape index (κ3) is 1.60. The third-order valence-electron chi connectivity index (χ3n) is 1.86. The van der Waals surface area contributed by atoms with Gasteiger partial charge in [0.25, 0.3) is 0 Å². The number of carbonyl (C=O) groups excluding carboxylic acids is 2. The van der Waals surface area contributed by atoms with Crippen LogP contribution in [0.15, 0.2) is 0 Å². The van der Waals surface area contributed by atoms with Gasteiger partial charge in [-0.25, -0.2) is 0 Å². The Balaban J connectivity index is 2.59. The molecule has 3 N–H and O–H groups in total. The number of ketones is 1. The highest BCUT2D eigenvalue weighted by molar-refractivity contribution is 5.91. The van der Waals surface area contributed by atoms with Crippen LogP contribution in [0.4, 0.5) is 0 Å². The first kappa shape index (κ1) is 8.68. The van der Waals surface area contributed by atoms with Crippen molar-refractivity contribution in [1.82, 2.24) is 5.32 Å². The van der Waals surface area contributed by atoms with Gasteiger partial charge in [0.1, 0.15) is 5.92 Å². The number of primary amides is 1. The Morgan fingerprint density at radius 3 is 2.83 bits per heavy atom. The van der Waals surface area contributed by atoms with Crippen molar-refractivity contribution in [1.29, 1.82) is 5.26 Å². The quantitative estimate of drug-likeness (QED) is 0.499. The van der Waals surface area contributed by atoms with Gasteiger partial charge in [-0.05, 0) is 0 Å². The monoisotopic (exact) mass is 167 g/mol. The zero-order valence-corrected chi connectivity index (χ0v) is 6.41. The van der Waals surface area contributed by atoms with E-state index in [1.807, 2.05) is 6.07 Å². The van der Waals surface area contributed by atoms with E-state index >= 15 is 0 Å². The summed E-state index contributed by atoms with van der Waals surface area (Å²) in [4.78, 5) is 21.7. The van der Waals surface area contributed by atoms with Gasteiger partial charge in [0.2, 0.25) is 5.91 Å². The number of nitrogens with one attached hydrogen (secondary N) is 1. The normalized spacial score (nSPS) is 29.4. The molecule has 0 aliphatic carbocycles. The van der Waals surface area contributed by atoms with E-state index in [1.165, 1.54) is 0 Å². The molecule has 0 aromatic carbocycles. The first-order chi connectivity index (χ1) is 5.65. The third-order valence-corrected chi connectivity index (χ3v) is 1.86. The maximum Gasteiger partial charge on any atom is 0.235 e. The highest BCUT2D eigenvalue weighted by Gasteiger charge is 2.30. The molecule has 0 spiro atoms. The second-order valence-corrected chi connectivity index (χ2v) is 2.72. The molecule has 1 saturated heterocycles. The number of Topliss-reactive ketones (excluding diaryl/α,β-unsaturated/α-hetero) is 1. The summed E-state index contributed by atoms with van der Waals surface area (Å²) < 4.78 is 0. The van der Waals surface area contributed by atoms with Crippen LogP contribution in [0.25, 0.3) is 0 Å². The minimum Gasteiger partial charge on any atom is -0.368 e. The first-order valence-electron chi connectivity index (χ1n) is 3.60. The predicted octanol–water partition coefficient (Wildman–Crippen LogP) is -1.46. The second-order valence-electron chi connectivity index (χ2n) is 2.72. The molecule has 5 nitrogen and oxygen atoms in total. The molecular formula is C7H9N3O2. The summed E-state index contributed by atoms with van der Waals surface area (Å²) in [6.07, 6.45) is 0.0353. The van der Waals surface area contributed by atoms with Crippen LogP contribution in [-0.2, 0) is 9.59 Å². The molecular weight excluding hydrogens is 158 g/mol. The number of nitrogens with zero attached hydrogens (tertiary/aromatic N) is 1. The zero-order chi connectivity index (χ0) is 9.14. The van der Waals surface area contributed by atoms with Crippen molar-refractivity contribution in [2.75, 3.05) is 6.54 Å². The van der Waals surface area contributed by atoms with Crippen molar-refractivity contribution < 1.29 is 9.59 Å². The summed E-state index contributed by atoms with van der Waals surface area (Å²) in [5.41, 5.74) is 4.98. The van der Waals surface area contributed by atoms with Gasteiger partial charge in [-0.2, -0.15) is 5.26 Å². The standard InChI is InChI=1S/C7H9N3O2/c8-2-4-3-10-5(7(9)12)1-6(4)11/h4-5,10H,1,3H2,(H2,9,12). The van der Waals surface area contributed by atoms with Crippen molar-refractivity contribution in [3.8, 4) is 6.07 Å². The Hall–Kier alpha value is -1.41.